The Kier molecular flexibility index (Phi) is 1.67. The summed E-state index contributed by atoms with van der Waals surface area (Å²) in [6.07, 6.45) is -0.655. The van der Waals surface area contributed by atoms with Crippen molar-refractivity contribution in [1.29, 1.82) is 0 Å². The molecule has 0 aliphatic carbocycles. The molecule has 0 aromatic carbocycles. The second-order valence-corrected chi connectivity index (χ2v) is 4.18. The molecule has 0 aromatic rings. The summed E-state index contributed by atoms with van der Waals surface area (Å²) in [4.78, 5) is 22.0. The van der Waals surface area contributed by atoms with E-state index in [1.807, 2.05) is 20.8 Å². The van der Waals surface area contributed by atoms with Gasteiger partial charge in [0.25, 0.3) is 0 Å². The van der Waals surface area contributed by atoms with Crippen LogP contribution in [-0.2, 0) is 9.53 Å². The number of rotatable bonds is 0. The highest BCUT2D eigenvalue weighted by molar-refractivity contribution is 5.99. The van der Waals surface area contributed by atoms with E-state index in [9.17, 15) is 9.59 Å². The van der Waals surface area contributed by atoms with Crippen LogP contribution in [0.4, 0.5) is 4.79 Å². The Hall–Kier alpha value is -1.06. The van der Waals surface area contributed by atoms with E-state index in [1.54, 1.807) is 6.92 Å². The Morgan fingerprint density at radius 1 is 1.33 bits per heavy atom. The molecule has 0 saturated carbocycles. The van der Waals surface area contributed by atoms with Gasteiger partial charge in [0, 0.05) is 0 Å². The van der Waals surface area contributed by atoms with Gasteiger partial charge < -0.3 is 10.1 Å². The summed E-state index contributed by atoms with van der Waals surface area (Å²) < 4.78 is 4.41. The molecule has 0 bridgehead atoms. The molecule has 1 N–H and O–H groups in total. The summed E-state index contributed by atoms with van der Waals surface area (Å²) in [6, 6.07) is 0. The number of hydrogen-bond donors (Lipinski definition) is 1. The molecule has 0 spiro atoms. The predicted molar refractivity (Wildman–Crippen MR) is 42.5 cm³/mol. The second-order valence-electron chi connectivity index (χ2n) is 4.18. The van der Waals surface area contributed by atoms with E-state index >= 15 is 0 Å². The molecule has 4 heteroatoms. The SMILES string of the molecule is CC(C)(C)C1(C)NC(=O)OC1=O. The van der Waals surface area contributed by atoms with Crippen molar-refractivity contribution in [2.45, 2.75) is 33.2 Å². The smallest absolute Gasteiger partial charge is 0.374 e. The van der Waals surface area contributed by atoms with Crippen LogP contribution in [0.25, 0.3) is 0 Å². The van der Waals surface area contributed by atoms with Gasteiger partial charge in [0.1, 0.15) is 5.54 Å². The van der Waals surface area contributed by atoms with E-state index in [1.165, 1.54) is 0 Å². The van der Waals surface area contributed by atoms with Gasteiger partial charge in [-0.05, 0) is 12.3 Å². The van der Waals surface area contributed by atoms with Crippen molar-refractivity contribution in [2.75, 3.05) is 0 Å². The number of nitrogens with one attached hydrogen (secondary N) is 1. The Labute approximate surface area is 71.3 Å². The van der Waals surface area contributed by atoms with Gasteiger partial charge in [-0.25, -0.2) is 9.59 Å². The molecule has 1 heterocycles. The average molecular weight is 171 g/mol. The molecule has 1 aliphatic heterocycles. The maximum atomic E-state index is 11.2. The third-order valence-electron chi connectivity index (χ3n) is 2.45. The number of amides is 1. The third-order valence-corrected chi connectivity index (χ3v) is 2.45. The van der Waals surface area contributed by atoms with Gasteiger partial charge in [0.05, 0.1) is 0 Å². The van der Waals surface area contributed by atoms with Crippen LogP contribution in [0.3, 0.4) is 0 Å². The number of cyclic esters (lactones) is 2. The summed E-state index contributed by atoms with van der Waals surface area (Å²) in [6.45, 7) is 7.29. The van der Waals surface area contributed by atoms with E-state index in [4.69, 9.17) is 0 Å². The molecule has 68 valence electrons. The zero-order valence-corrected chi connectivity index (χ0v) is 7.72. The molecule has 0 radical (unpaired) electrons. The van der Waals surface area contributed by atoms with Crippen LogP contribution in [0.1, 0.15) is 27.7 Å². The lowest BCUT2D eigenvalue weighted by Crippen LogP contribution is -2.53. The lowest BCUT2D eigenvalue weighted by atomic mass is 9.75. The Balaban J connectivity index is 3.00. The van der Waals surface area contributed by atoms with Crippen LogP contribution >= 0.6 is 0 Å². The minimum atomic E-state index is -0.899. The molecule has 12 heavy (non-hydrogen) atoms. The summed E-state index contributed by atoms with van der Waals surface area (Å²) in [7, 11) is 0. The number of ether oxygens (including phenoxy) is 1. The van der Waals surface area contributed by atoms with Crippen LogP contribution in [-0.4, -0.2) is 17.6 Å². The molecule has 1 saturated heterocycles. The van der Waals surface area contributed by atoms with E-state index < -0.39 is 17.6 Å². The molecule has 1 unspecified atom stereocenters. The van der Waals surface area contributed by atoms with E-state index in [2.05, 4.69) is 10.1 Å². The zero-order valence-electron chi connectivity index (χ0n) is 7.72. The van der Waals surface area contributed by atoms with Gasteiger partial charge >= 0.3 is 12.1 Å². The first-order chi connectivity index (χ1) is 5.27. The fourth-order valence-electron chi connectivity index (χ4n) is 0.961. The number of hydrogen-bond acceptors (Lipinski definition) is 3. The minimum Gasteiger partial charge on any atom is -0.374 e. The van der Waals surface area contributed by atoms with Crippen molar-refractivity contribution in [3.63, 3.8) is 0 Å². The summed E-state index contributed by atoms with van der Waals surface area (Å²) >= 11 is 0. The first-order valence-electron chi connectivity index (χ1n) is 3.82. The van der Waals surface area contributed by atoms with E-state index in [0.717, 1.165) is 0 Å². The van der Waals surface area contributed by atoms with Gasteiger partial charge in [0.15, 0.2) is 0 Å². The molecule has 1 amide bonds. The zero-order chi connectivity index (χ0) is 9.57. The highest BCUT2D eigenvalue weighted by Crippen LogP contribution is 2.33. The number of esters is 1. The minimum absolute atomic E-state index is 0.337. The third kappa shape index (κ3) is 1.07. The predicted octanol–water partition coefficient (Wildman–Crippen LogP) is 1.06. The summed E-state index contributed by atoms with van der Waals surface area (Å²) in [5.74, 6) is -0.500. The van der Waals surface area contributed by atoms with Crippen LogP contribution in [0.2, 0.25) is 0 Å². The van der Waals surface area contributed by atoms with Crippen molar-refractivity contribution < 1.29 is 14.3 Å². The lowest BCUT2D eigenvalue weighted by molar-refractivity contribution is -0.142. The Bertz CT molecular complexity index is 241. The van der Waals surface area contributed by atoms with Crippen molar-refractivity contribution in [1.82, 2.24) is 5.32 Å². The normalized spacial score (nSPS) is 30.0. The van der Waals surface area contributed by atoms with Crippen LogP contribution in [0.15, 0.2) is 0 Å². The largest absolute Gasteiger partial charge is 0.415 e. The highest BCUT2D eigenvalue weighted by atomic mass is 16.6. The van der Waals surface area contributed by atoms with E-state index in [0.29, 0.717) is 0 Å². The first-order valence-corrected chi connectivity index (χ1v) is 3.82. The summed E-state index contributed by atoms with van der Waals surface area (Å²) in [5.41, 5.74) is -1.24. The van der Waals surface area contributed by atoms with Crippen molar-refractivity contribution in [2.24, 2.45) is 5.41 Å². The van der Waals surface area contributed by atoms with Gasteiger partial charge in [-0.3, -0.25) is 0 Å². The molecular weight excluding hydrogens is 158 g/mol. The fourth-order valence-corrected chi connectivity index (χ4v) is 0.961. The van der Waals surface area contributed by atoms with Gasteiger partial charge in [-0.1, -0.05) is 20.8 Å². The fraction of sp³-hybridized carbons (Fsp3) is 0.750. The maximum Gasteiger partial charge on any atom is 0.415 e. The van der Waals surface area contributed by atoms with E-state index in [-0.39, 0.29) is 5.41 Å². The van der Waals surface area contributed by atoms with Crippen molar-refractivity contribution in [3.05, 3.63) is 0 Å². The number of carbonyl (C=O) groups is 2. The molecular formula is C8H13NO3. The molecule has 1 fully saturated rings. The maximum absolute atomic E-state index is 11.2. The van der Waals surface area contributed by atoms with Crippen LogP contribution in [0, 0.1) is 5.41 Å². The molecule has 1 atom stereocenters. The molecule has 0 aromatic heterocycles. The van der Waals surface area contributed by atoms with Crippen molar-refractivity contribution in [3.8, 4) is 0 Å². The monoisotopic (exact) mass is 171 g/mol. The van der Waals surface area contributed by atoms with Crippen molar-refractivity contribution >= 4 is 12.1 Å². The van der Waals surface area contributed by atoms with Gasteiger partial charge in [-0.2, -0.15) is 0 Å². The molecule has 1 aliphatic rings. The standard InChI is InChI=1S/C8H13NO3/c1-7(2,3)8(4)5(10)12-6(11)9-8/h1-4H3,(H,9,11). The number of alkyl carbamates (subject to hydrolysis) is 1. The average Bonchev–Trinajstić information content (AvgIpc) is 2.06. The quantitative estimate of drug-likeness (QED) is 0.438. The van der Waals surface area contributed by atoms with Gasteiger partial charge in [0.2, 0.25) is 0 Å². The summed E-state index contributed by atoms with van der Waals surface area (Å²) in [5, 5.41) is 2.51. The van der Waals surface area contributed by atoms with Crippen LogP contribution in [0.5, 0.6) is 0 Å². The number of carbonyl (C=O) groups excluding carboxylic acids is 2. The Morgan fingerprint density at radius 3 is 2.00 bits per heavy atom. The Morgan fingerprint density at radius 2 is 1.83 bits per heavy atom. The van der Waals surface area contributed by atoms with Gasteiger partial charge in [-0.15, -0.1) is 0 Å². The lowest BCUT2D eigenvalue weighted by Gasteiger charge is -2.33. The topological polar surface area (TPSA) is 55.4 Å². The molecule has 1 rings (SSSR count). The molecule has 4 nitrogen and oxygen atoms in total. The van der Waals surface area contributed by atoms with Crippen LogP contribution < -0.4 is 5.32 Å². The first kappa shape index (κ1) is 9.03. The highest BCUT2D eigenvalue weighted by Gasteiger charge is 2.52. The second kappa shape index (κ2) is 2.21.